The lowest BCUT2D eigenvalue weighted by atomic mass is 9.72. The number of carbonyl (C=O) groups excluding carboxylic acids is 1. The van der Waals surface area contributed by atoms with Crippen molar-refractivity contribution in [3.05, 3.63) is 35.9 Å². The second-order valence-electron chi connectivity index (χ2n) is 6.40. The van der Waals surface area contributed by atoms with E-state index < -0.39 is 0 Å². The zero-order chi connectivity index (χ0) is 13.6. The van der Waals surface area contributed by atoms with Gasteiger partial charge in [0.15, 0.2) is 0 Å². The summed E-state index contributed by atoms with van der Waals surface area (Å²) in [5.74, 6) is 0.440. The standard InChI is InChI=1S/C18H26O/c1-18(13-6-3-7-14-18)15-12-17(19)11-10-16-8-4-2-5-9-16/h2,4-5,8-9H,3,6-7,10-15H2,1H3. The van der Waals surface area contributed by atoms with Crippen molar-refractivity contribution in [2.24, 2.45) is 5.41 Å². The number of ketones is 1. The molecule has 0 saturated heterocycles. The van der Waals surface area contributed by atoms with Gasteiger partial charge < -0.3 is 0 Å². The fourth-order valence-corrected chi connectivity index (χ4v) is 3.15. The van der Waals surface area contributed by atoms with Gasteiger partial charge in [-0.1, -0.05) is 56.5 Å². The molecule has 1 aromatic carbocycles. The van der Waals surface area contributed by atoms with Gasteiger partial charge in [0.1, 0.15) is 5.78 Å². The van der Waals surface area contributed by atoms with E-state index in [-0.39, 0.29) is 0 Å². The number of rotatable bonds is 6. The zero-order valence-electron chi connectivity index (χ0n) is 12.2. The van der Waals surface area contributed by atoms with Crippen LogP contribution in [-0.4, -0.2) is 5.78 Å². The van der Waals surface area contributed by atoms with Crippen LogP contribution in [0.25, 0.3) is 0 Å². The third-order valence-corrected chi connectivity index (χ3v) is 4.60. The van der Waals surface area contributed by atoms with Gasteiger partial charge in [0.25, 0.3) is 0 Å². The molecule has 0 spiro atoms. The summed E-state index contributed by atoms with van der Waals surface area (Å²) in [5.41, 5.74) is 1.72. The number of aryl methyl sites for hydroxylation is 1. The SMILES string of the molecule is CC1(CCC(=O)CCc2ccccc2)CCCCC1. The predicted molar refractivity (Wildman–Crippen MR) is 80.2 cm³/mol. The van der Waals surface area contributed by atoms with Gasteiger partial charge in [-0.15, -0.1) is 0 Å². The Bertz CT molecular complexity index is 387. The molecule has 0 N–H and O–H groups in total. The fourth-order valence-electron chi connectivity index (χ4n) is 3.15. The van der Waals surface area contributed by atoms with Gasteiger partial charge in [-0.25, -0.2) is 0 Å². The largest absolute Gasteiger partial charge is 0.300 e. The van der Waals surface area contributed by atoms with Crippen LogP contribution >= 0.6 is 0 Å². The monoisotopic (exact) mass is 258 g/mol. The Hall–Kier alpha value is -1.11. The van der Waals surface area contributed by atoms with Gasteiger partial charge in [-0.05, 0) is 36.7 Å². The molecule has 1 aliphatic carbocycles. The molecule has 0 aromatic heterocycles. The summed E-state index contributed by atoms with van der Waals surface area (Å²) in [6.45, 7) is 2.37. The lowest BCUT2D eigenvalue weighted by Gasteiger charge is -2.33. The van der Waals surface area contributed by atoms with Crippen molar-refractivity contribution >= 4 is 5.78 Å². The van der Waals surface area contributed by atoms with Gasteiger partial charge in [0.05, 0.1) is 0 Å². The average Bonchev–Trinajstić information content (AvgIpc) is 2.45. The predicted octanol–water partition coefficient (Wildman–Crippen LogP) is 4.94. The second kappa shape index (κ2) is 6.88. The van der Waals surface area contributed by atoms with Crippen molar-refractivity contribution in [1.29, 1.82) is 0 Å². The quantitative estimate of drug-likeness (QED) is 0.706. The molecule has 1 heteroatoms. The average molecular weight is 258 g/mol. The molecule has 19 heavy (non-hydrogen) atoms. The van der Waals surface area contributed by atoms with Crippen molar-refractivity contribution in [3.63, 3.8) is 0 Å². The fraction of sp³-hybridized carbons (Fsp3) is 0.611. The first kappa shape index (κ1) is 14.3. The molecule has 1 aromatic rings. The van der Waals surface area contributed by atoms with E-state index in [1.807, 2.05) is 18.2 Å². The van der Waals surface area contributed by atoms with Crippen LogP contribution in [0.1, 0.15) is 63.9 Å². The Labute approximate surface area is 117 Å². The van der Waals surface area contributed by atoms with E-state index in [2.05, 4.69) is 19.1 Å². The molecule has 0 radical (unpaired) electrons. The lowest BCUT2D eigenvalue weighted by molar-refractivity contribution is -0.119. The first-order valence-electron chi connectivity index (χ1n) is 7.74. The van der Waals surface area contributed by atoms with Crippen LogP contribution in [0, 0.1) is 5.41 Å². The van der Waals surface area contributed by atoms with Crippen LogP contribution in [0.4, 0.5) is 0 Å². The van der Waals surface area contributed by atoms with Crippen LogP contribution in [0.3, 0.4) is 0 Å². The molecule has 0 bridgehead atoms. The smallest absolute Gasteiger partial charge is 0.133 e. The summed E-state index contributed by atoms with van der Waals surface area (Å²) in [7, 11) is 0. The van der Waals surface area contributed by atoms with Gasteiger partial charge in [0.2, 0.25) is 0 Å². The second-order valence-corrected chi connectivity index (χ2v) is 6.40. The zero-order valence-corrected chi connectivity index (χ0v) is 12.2. The van der Waals surface area contributed by atoms with E-state index in [4.69, 9.17) is 0 Å². The highest BCUT2D eigenvalue weighted by Gasteiger charge is 2.26. The minimum absolute atomic E-state index is 0.440. The number of carbonyl (C=O) groups is 1. The highest BCUT2D eigenvalue weighted by atomic mass is 16.1. The van der Waals surface area contributed by atoms with E-state index in [0.29, 0.717) is 17.6 Å². The highest BCUT2D eigenvalue weighted by molar-refractivity contribution is 5.78. The molecule has 1 fully saturated rings. The Morgan fingerprint density at radius 2 is 1.74 bits per heavy atom. The summed E-state index contributed by atoms with van der Waals surface area (Å²) >= 11 is 0. The summed E-state index contributed by atoms with van der Waals surface area (Å²) in [6, 6.07) is 10.3. The molecular weight excluding hydrogens is 232 g/mol. The van der Waals surface area contributed by atoms with Crippen LogP contribution < -0.4 is 0 Å². The Morgan fingerprint density at radius 1 is 1.05 bits per heavy atom. The van der Waals surface area contributed by atoms with E-state index in [1.54, 1.807) is 0 Å². The normalized spacial score (nSPS) is 18.2. The minimum Gasteiger partial charge on any atom is -0.300 e. The summed E-state index contributed by atoms with van der Waals surface area (Å²) in [5, 5.41) is 0. The first-order chi connectivity index (χ1) is 9.18. The van der Waals surface area contributed by atoms with Crippen molar-refractivity contribution in [2.75, 3.05) is 0 Å². The maximum Gasteiger partial charge on any atom is 0.133 e. The molecule has 1 nitrogen and oxygen atoms in total. The van der Waals surface area contributed by atoms with Crippen LogP contribution in [0.2, 0.25) is 0 Å². The topological polar surface area (TPSA) is 17.1 Å². The molecule has 0 unspecified atom stereocenters. The number of Topliss-reactive ketones (excluding diaryl/α,β-unsaturated/α-hetero) is 1. The highest BCUT2D eigenvalue weighted by Crippen LogP contribution is 2.39. The summed E-state index contributed by atoms with van der Waals surface area (Å²) in [6.07, 6.45) is 10.2. The van der Waals surface area contributed by atoms with Crippen molar-refractivity contribution in [2.45, 2.75) is 64.7 Å². The Kier molecular flexibility index (Phi) is 5.18. The van der Waals surface area contributed by atoms with E-state index in [0.717, 1.165) is 19.3 Å². The third-order valence-electron chi connectivity index (χ3n) is 4.60. The van der Waals surface area contributed by atoms with Gasteiger partial charge in [-0.3, -0.25) is 4.79 Å². The maximum absolute atomic E-state index is 12.0. The van der Waals surface area contributed by atoms with Crippen molar-refractivity contribution < 1.29 is 4.79 Å². The van der Waals surface area contributed by atoms with Crippen molar-refractivity contribution in [1.82, 2.24) is 0 Å². The van der Waals surface area contributed by atoms with Crippen LogP contribution in [0.15, 0.2) is 30.3 Å². The van der Waals surface area contributed by atoms with Gasteiger partial charge in [-0.2, -0.15) is 0 Å². The molecule has 0 atom stereocenters. The van der Waals surface area contributed by atoms with E-state index in [9.17, 15) is 4.79 Å². The van der Waals surface area contributed by atoms with Crippen molar-refractivity contribution in [3.8, 4) is 0 Å². The minimum atomic E-state index is 0.440. The molecule has 2 rings (SSSR count). The molecule has 0 heterocycles. The molecule has 1 saturated carbocycles. The molecule has 1 aliphatic rings. The third kappa shape index (κ3) is 4.81. The summed E-state index contributed by atoms with van der Waals surface area (Å²) < 4.78 is 0. The first-order valence-corrected chi connectivity index (χ1v) is 7.74. The Balaban J connectivity index is 1.70. The van der Waals surface area contributed by atoms with Crippen LogP contribution in [0.5, 0.6) is 0 Å². The molecular formula is C18H26O. The van der Waals surface area contributed by atoms with Gasteiger partial charge >= 0.3 is 0 Å². The van der Waals surface area contributed by atoms with E-state index >= 15 is 0 Å². The lowest BCUT2D eigenvalue weighted by Crippen LogP contribution is -2.21. The Morgan fingerprint density at radius 3 is 2.42 bits per heavy atom. The molecule has 104 valence electrons. The van der Waals surface area contributed by atoms with Gasteiger partial charge in [0, 0.05) is 12.8 Å². The molecule has 0 amide bonds. The van der Waals surface area contributed by atoms with Crippen LogP contribution in [-0.2, 0) is 11.2 Å². The maximum atomic E-state index is 12.0. The number of benzene rings is 1. The van der Waals surface area contributed by atoms with E-state index in [1.165, 1.54) is 37.7 Å². The number of hydrogen-bond acceptors (Lipinski definition) is 1. The molecule has 0 aliphatic heterocycles. The number of hydrogen-bond donors (Lipinski definition) is 0. The summed E-state index contributed by atoms with van der Waals surface area (Å²) in [4.78, 5) is 12.0.